The minimum atomic E-state index is -0.714. The van der Waals surface area contributed by atoms with Gasteiger partial charge in [-0.1, -0.05) is 23.2 Å². The Labute approximate surface area is 246 Å². The average Bonchev–Trinajstić information content (AvgIpc) is 2.95. The molecule has 2 aromatic carbocycles. The summed E-state index contributed by atoms with van der Waals surface area (Å²) < 4.78 is 9.35. The fourth-order valence-corrected chi connectivity index (χ4v) is 4.49. The first-order valence-corrected chi connectivity index (χ1v) is 13.0. The van der Waals surface area contributed by atoms with Gasteiger partial charge < -0.3 is 14.0 Å². The molecule has 0 radical (unpaired) electrons. The van der Waals surface area contributed by atoms with Crippen molar-refractivity contribution in [2.45, 2.75) is 0 Å². The quantitative estimate of drug-likeness (QED) is 0.199. The fraction of sp³-hybridized carbons (Fsp3) is 0.360. The number of piperazine rings is 1. The van der Waals surface area contributed by atoms with Gasteiger partial charge in [0.1, 0.15) is 0 Å². The van der Waals surface area contributed by atoms with Crippen molar-refractivity contribution in [2.24, 2.45) is 0 Å². The highest BCUT2D eigenvalue weighted by atomic mass is 35.5. The lowest BCUT2D eigenvalue weighted by Crippen LogP contribution is -2.61. The molecule has 0 spiro atoms. The monoisotopic (exact) mass is 613 g/mol. The lowest BCUT2D eigenvalue weighted by Gasteiger charge is -2.41. The van der Waals surface area contributed by atoms with Crippen LogP contribution >= 0.6 is 23.2 Å². The van der Waals surface area contributed by atoms with Gasteiger partial charge in [0.15, 0.2) is 6.54 Å². The van der Waals surface area contributed by atoms with E-state index < -0.39 is 24.0 Å². The summed E-state index contributed by atoms with van der Waals surface area (Å²) in [5.74, 6) is -1.16. The maximum absolute atomic E-state index is 12.8. The number of methoxy groups -OCH3 is 2. The number of rotatable bonds is 8. The minimum absolute atomic E-state index is 0.0192. The summed E-state index contributed by atoms with van der Waals surface area (Å²) in [7, 11) is 4.28. The topological polar surface area (TPSA) is 161 Å². The number of halogens is 2. The van der Waals surface area contributed by atoms with E-state index in [1.54, 1.807) is 0 Å². The van der Waals surface area contributed by atoms with E-state index in [1.807, 2.05) is 11.9 Å². The van der Waals surface area contributed by atoms with Crippen LogP contribution in [0.15, 0.2) is 36.4 Å². The fourth-order valence-electron chi connectivity index (χ4n) is 4.04. The number of ether oxygens (including phenoxy) is 2. The molecular weight excluding hydrogens is 583 g/mol. The van der Waals surface area contributed by atoms with Crippen LogP contribution in [-0.4, -0.2) is 104 Å². The van der Waals surface area contributed by atoms with Gasteiger partial charge in [-0.15, -0.1) is 0 Å². The van der Waals surface area contributed by atoms with Gasteiger partial charge in [0.25, 0.3) is 5.91 Å². The van der Waals surface area contributed by atoms with Gasteiger partial charge in [0, 0.05) is 13.1 Å². The Kier molecular flexibility index (Phi) is 10.7. The van der Waals surface area contributed by atoms with Crippen LogP contribution in [0.5, 0.6) is 0 Å². The smallest absolute Gasteiger partial charge is 0.411 e. The number of benzene rings is 2. The first-order chi connectivity index (χ1) is 19.4. The van der Waals surface area contributed by atoms with Gasteiger partial charge in [-0.25, -0.2) is 9.59 Å². The number of nitrogens with one attached hydrogen (secondary N) is 2. The molecule has 1 heterocycles. The van der Waals surface area contributed by atoms with E-state index in [-0.39, 0.29) is 45.9 Å². The summed E-state index contributed by atoms with van der Waals surface area (Å²) in [5, 5.41) is 26.9. The first-order valence-electron chi connectivity index (χ1n) is 12.2. The van der Waals surface area contributed by atoms with Gasteiger partial charge in [-0.3, -0.25) is 35.5 Å². The molecule has 1 aliphatic rings. The van der Waals surface area contributed by atoms with E-state index in [1.165, 1.54) is 50.6 Å². The predicted octanol–water partition coefficient (Wildman–Crippen LogP) is 3.26. The summed E-state index contributed by atoms with van der Waals surface area (Å²) in [6, 6.07) is 8.38. The Bertz CT molecular complexity index is 1300. The molecule has 1 fully saturated rings. The summed E-state index contributed by atoms with van der Waals surface area (Å²) in [4.78, 5) is 50.2. The number of quaternary nitrogens is 1. The highest BCUT2D eigenvalue weighted by Crippen LogP contribution is 2.29. The maximum atomic E-state index is 12.8. The first kappa shape index (κ1) is 31.9. The van der Waals surface area contributed by atoms with Crippen molar-refractivity contribution in [3.05, 3.63) is 46.4 Å². The number of amides is 4. The summed E-state index contributed by atoms with van der Waals surface area (Å²) in [6.45, 7) is 1.81. The molecule has 0 aromatic heterocycles. The SMILES string of the molecule is COC(=O)Nc1ccc(N(O)C(=O)CN2CC[N+](C)(CC(=O)N(O)c3ccc(NC(=O)OC)c(Cl)c3)CC2)cc1Cl. The molecule has 14 nitrogen and oxygen atoms in total. The molecular formula is C25H31Cl2N6O8+. The second kappa shape index (κ2) is 13.8. The number of likely N-dealkylation sites (N-methyl/N-ethyl adjacent to an activating group) is 1. The van der Waals surface area contributed by atoms with Gasteiger partial charge in [0.05, 0.1) is 73.7 Å². The molecule has 2 aromatic rings. The number of hydrogen-bond acceptors (Lipinski definition) is 9. The molecule has 3 rings (SSSR count). The molecule has 0 aliphatic carbocycles. The highest BCUT2D eigenvalue weighted by Gasteiger charge is 2.34. The normalized spacial score (nSPS) is 14.5. The van der Waals surface area contributed by atoms with E-state index in [4.69, 9.17) is 23.2 Å². The molecule has 41 heavy (non-hydrogen) atoms. The zero-order chi connectivity index (χ0) is 30.3. The van der Waals surface area contributed by atoms with Crippen LogP contribution in [0.3, 0.4) is 0 Å². The Balaban J connectivity index is 1.52. The van der Waals surface area contributed by atoms with Crippen LogP contribution in [0, 0.1) is 0 Å². The standard InChI is InChI=1S/C25H30Cl2N6O8/c1-33(15-23(35)32(39)17-5-7-21(19(27)13-17)29-25(37)41-3)10-8-30(9-11-33)14-22(34)31(38)16-4-6-20(18(26)12-16)28-24(36)40-2/h4-7,12-13,38-39H,8-11,14-15H2,1-3H3,(H-,28,29,36,37)/p+1. The Morgan fingerprint density at radius 2 is 1.29 bits per heavy atom. The maximum Gasteiger partial charge on any atom is 0.411 e. The molecule has 0 saturated carbocycles. The van der Waals surface area contributed by atoms with Crippen molar-refractivity contribution >= 4 is 70.0 Å². The van der Waals surface area contributed by atoms with Gasteiger partial charge in [0.2, 0.25) is 0 Å². The molecule has 0 bridgehead atoms. The zero-order valence-corrected chi connectivity index (χ0v) is 24.1. The number of nitrogens with zero attached hydrogens (tertiary/aromatic N) is 4. The molecule has 0 atom stereocenters. The molecule has 1 aliphatic heterocycles. The average molecular weight is 614 g/mol. The molecule has 0 unspecified atom stereocenters. The Hall–Kier alpha value is -3.66. The number of hydrogen-bond donors (Lipinski definition) is 4. The summed E-state index contributed by atoms with van der Waals surface area (Å²) in [6.07, 6.45) is -1.43. The zero-order valence-electron chi connectivity index (χ0n) is 22.6. The minimum Gasteiger partial charge on any atom is -0.453 e. The number of carbonyl (C=O) groups is 4. The third-order valence-electron chi connectivity index (χ3n) is 6.50. The number of anilines is 4. The van der Waals surface area contributed by atoms with Crippen molar-refractivity contribution < 1.29 is 43.5 Å². The molecule has 222 valence electrons. The lowest BCUT2D eigenvalue weighted by atomic mass is 10.2. The van der Waals surface area contributed by atoms with Crippen molar-refractivity contribution in [1.82, 2.24) is 4.90 Å². The lowest BCUT2D eigenvalue weighted by molar-refractivity contribution is -0.906. The van der Waals surface area contributed by atoms with Crippen LogP contribution in [0.1, 0.15) is 0 Å². The molecule has 4 amide bonds. The van der Waals surface area contributed by atoms with E-state index in [0.29, 0.717) is 40.8 Å². The highest BCUT2D eigenvalue weighted by molar-refractivity contribution is 6.34. The Morgan fingerprint density at radius 1 is 0.854 bits per heavy atom. The molecule has 1 saturated heterocycles. The van der Waals surface area contributed by atoms with Crippen molar-refractivity contribution in [1.29, 1.82) is 0 Å². The third kappa shape index (κ3) is 8.42. The largest absolute Gasteiger partial charge is 0.453 e. The van der Waals surface area contributed by atoms with Gasteiger partial charge in [-0.05, 0) is 36.4 Å². The van der Waals surface area contributed by atoms with E-state index >= 15 is 0 Å². The summed E-state index contributed by atoms with van der Waals surface area (Å²) >= 11 is 12.3. The predicted molar refractivity (Wildman–Crippen MR) is 151 cm³/mol. The van der Waals surface area contributed by atoms with Crippen LogP contribution in [0.4, 0.5) is 32.3 Å². The second-order valence-corrected chi connectivity index (χ2v) is 10.3. The number of carbonyl (C=O) groups excluding carboxylic acids is 4. The summed E-state index contributed by atoms with van der Waals surface area (Å²) in [5.41, 5.74) is 0.757. The van der Waals surface area contributed by atoms with E-state index in [0.717, 1.165) is 0 Å². The third-order valence-corrected chi connectivity index (χ3v) is 7.12. The van der Waals surface area contributed by atoms with Crippen LogP contribution in [0.25, 0.3) is 0 Å². The van der Waals surface area contributed by atoms with E-state index in [2.05, 4.69) is 20.1 Å². The van der Waals surface area contributed by atoms with Crippen LogP contribution in [0.2, 0.25) is 10.0 Å². The Morgan fingerprint density at radius 3 is 1.71 bits per heavy atom. The van der Waals surface area contributed by atoms with Crippen LogP contribution < -0.4 is 20.8 Å². The second-order valence-electron chi connectivity index (χ2n) is 9.47. The molecule has 16 heteroatoms. The number of hydroxylamine groups is 2. The van der Waals surface area contributed by atoms with Crippen LogP contribution in [-0.2, 0) is 19.1 Å². The van der Waals surface area contributed by atoms with Gasteiger partial charge >= 0.3 is 18.1 Å². The van der Waals surface area contributed by atoms with Crippen molar-refractivity contribution in [2.75, 3.05) is 81.3 Å². The van der Waals surface area contributed by atoms with E-state index in [9.17, 15) is 29.6 Å². The molecule has 4 N–H and O–H groups in total. The van der Waals surface area contributed by atoms with Crippen molar-refractivity contribution in [3.8, 4) is 0 Å². The van der Waals surface area contributed by atoms with Gasteiger partial charge in [-0.2, -0.15) is 10.1 Å². The van der Waals surface area contributed by atoms with Crippen molar-refractivity contribution in [3.63, 3.8) is 0 Å².